The van der Waals surface area contributed by atoms with Gasteiger partial charge in [-0.1, -0.05) is 0 Å². The van der Waals surface area contributed by atoms with Gasteiger partial charge in [-0.05, 0) is 12.1 Å². The molecule has 5 nitrogen and oxygen atoms in total. The van der Waals surface area contributed by atoms with Gasteiger partial charge in [0.15, 0.2) is 11.5 Å². The number of hydrogen-bond acceptors (Lipinski definition) is 4. The molecule has 1 N–H and O–H groups in total. The first kappa shape index (κ1) is 15.0. The Hall–Kier alpha value is -0.0103. The molecule has 0 spiro atoms. The average Bonchev–Trinajstić information content (AvgIpc) is 2.15. The Morgan fingerprint density at radius 1 is 1.20 bits per heavy atom. The van der Waals surface area contributed by atoms with Crippen molar-refractivity contribution in [3.05, 3.63) is 18.2 Å². The van der Waals surface area contributed by atoms with Crippen LogP contribution in [0.1, 0.15) is 2.85 Å². The van der Waals surface area contributed by atoms with E-state index in [4.69, 9.17) is 14.0 Å². The van der Waals surface area contributed by atoms with Crippen molar-refractivity contribution in [2.45, 2.75) is 4.90 Å². The van der Waals surface area contributed by atoms with Crippen LogP contribution in [0.4, 0.5) is 0 Å². The summed E-state index contributed by atoms with van der Waals surface area (Å²) in [5, 5.41) is 0. The minimum absolute atomic E-state index is 0. The third kappa shape index (κ3) is 3.81. The molecule has 0 bridgehead atoms. The van der Waals surface area contributed by atoms with Crippen molar-refractivity contribution < 1.29 is 25.3 Å². The van der Waals surface area contributed by atoms with Gasteiger partial charge in [0, 0.05) is 6.07 Å². The monoisotopic (exact) mass is 260 g/mol. The van der Waals surface area contributed by atoms with Crippen LogP contribution >= 0.6 is 0 Å². The maximum Gasteiger partial charge on any atom is 2.00 e. The van der Waals surface area contributed by atoms with Crippen LogP contribution in [-0.2, 0) is 10.1 Å². The van der Waals surface area contributed by atoms with Crippen LogP contribution in [0.25, 0.3) is 0 Å². The molecule has 0 unspecified atom stereocenters. The molecular formula is C8H12CaO5S. The molecule has 0 amide bonds. The van der Waals surface area contributed by atoms with Gasteiger partial charge >= 0.3 is 37.7 Å². The minimum Gasteiger partial charge on any atom is -1.00 e. The fraction of sp³-hybridized carbons (Fsp3) is 0.250. The Morgan fingerprint density at radius 2 is 1.73 bits per heavy atom. The van der Waals surface area contributed by atoms with Gasteiger partial charge in [-0.15, -0.1) is 0 Å². The van der Waals surface area contributed by atoms with E-state index in [-0.39, 0.29) is 51.2 Å². The van der Waals surface area contributed by atoms with Crippen molar-refractivity contribution in [2.24, 2.45) is 0 Å². The van der Waals surface area contributed by atoms with Gasteiger partial charge in [-0.2, -0.15) is 8.42 Å². The molecule has 1 aromatic carbocycles. The normalized spacial score (nSPS) is 10.3. The Kier molecular flexibility index (Phi) is 5.90. The Labute approximate surface area is 121 Å². The summed E-state index contributed by atoms with van der Waals surface area (Å²) >= 11 is 0. The maximum absolute atomic E-state index is 10.8. The second kappa shape index (κ2) is 5.91. The fourth-order valence-electron chi connectivity index (χ4n) is 0.977. The molecule has 1 aromatic rings. The van der Waals surface area contributed by atoms with E-state index in [0.29, 0.717) is 5.75 Å². The molecule has 0 saturated carbocycles. The van der Waals surface area contributed by atoms with E-state index in [1.807, 2.05) is 0 Å². The molecule has 0 saturated heterocycles. The molecule has 1 rings (SSSR count). The number of ether oxygens (including phenoxy) is 2. The Bertz CT molecular complexity index is 438. The van der Waals surface area contributed by atoms with Gasteiger partial charge in [-0.25, -0.2) is 0 Å². The first-order valence-corrected chi connectivity index (χ1v) is 5.12. The maximum atomic E-state index is 10.8. The summed E-state index contributed by atoms with van der Waals surface area (Å²) in [6.07, 6.45) is 0. The van der Waals surface area contributed by atoms with Gasteiger partial charge in [0.05, 0.1) is 19.1 Å². The summed E-state index contributed by atoms with van der Waals surface area (Å²) in [6, 6.07) is 3.83. The predicted octanol–water partition coefficient (Wildman–Crippen LogP) is 0.795. The third-order valence-corrected chi connectivity index (χ3v) is 2.50. The van der Waals surface area contributed by atoms with Gasteiger partial charge in [0.2, 0.25) is 0 Å². The summed E-state index contributed by atoms with van der Waals surface area (Å²) in [6.45, 7) is 0. The molecule has 82 valence electrons. The molecule has 0 aromatic heterocycles. The quantitative estimate of drug-likeness (QED) is 0.642. The van der Waals surface area contributed by atoms with E-state index in [1.54, 1.807) is 0 Å². The van der Waals surface area contributed by atoms with Crippen LogP contribution < -0.4 is 9.47 Å². The van der Waals surface area contributed by atoms with E-state index in [2.05, 4.69) is 0 Å². The second-order valence-electron chi connectivity index (χ2n) is 2.49. The topological polar surface area (TPSA) is 72.8 Å². The van der Waals surface area contributed by atoms with Gasteiger partial charge in [-0.3, -0.25) is 4.55 Å². The molecule has 0 fully saturated rings. The van der Waals surface area contributed by atoms with Crippen LogP contribution in [0.3, 0.4) is 0 Å². The van der Waals surface area contributed by atoms with E-state index in [9.17, 15) is 8.42 Å². The molecule has 15 heavy (non-hydrogen) atoms. The summed E-state index contributed by atoms with van der Waals surface area (Å²) < 4.78 is 40.0. The van der Waals surface area contributed by atoms with Crippen LogP contribution in [0.15, 0.2) is 23.1 Å². The Balaban J connectivity index is -0.000000653. The number of hydrogen-bond donors (Lipinski definition) is 1. The summed E-state index contributed by atoms with van der Waals surface area (Å²) in [7, 11) is -1.38. The molecule has 7 heteroatoms. The van der Waals surface area contributed by atoms with Crippen molar-refractivity contribution in [1.29, 1.82) is 0 Å². The first-order valence-electron chi connectivity index (χ1n) is 3.68. The fourth-order valence-corrected chi connectivity index (χ4v) is 1.47. The van der Waals surface area contributed by atoms with Gasteiger partial charge < -0.3 is 12.3 Å². The molecular weight excluding hydrogens is 248 g/mol. The van der Waals surface area contributed by atoms with Crippen LogP contribution in [-0.4, -0.2) is 64.9 Å². The van der Waals surface area contributed by atoms with E-state index < -0.39 is 10.1 Å². The zero-order valence-electron chi connectivity index (χ0n) is 10.4. The van der Waals surface area contributed by atoms with E-state index in [0.717, 1.165) is 0 Å². The summed E-state index contributed by atoms with van der Waals surface area (Å²) in [5.41, 5.74) is 0. The molecule has 0 heterocycles. The predicted molar refractivity (Wildman–Crippen MR) is 57.3 cm³/mol. The van der Waals surface area contributed by atoms with Crippen molar-refractivity contribution in [3.8, 4) is 11.5 Å². The zero-order chi connectivity index (χ0) is 10.8. The molecule has 0 aliphatic heterocycles. The summed E-state index contributed by atoms with van der Waals surface area (Å²) in [5.74, 6) is 0.655. The minimum atomic E-state index is -4.20. The van der Waals surface area contributed by atoms with E-state index >= 15 is 0 Å². The SMILES string of the molecule is COc1ccc(S(=O)(=O)O)cc1OC.[Ca+2].[H-].[H-]. The van der Waals surface area contributed by atoms with Crippen LogP contribution in [0, 0.1) is 0 Å². The largest absolute Gasteiger partial charge is 2.00 e. The summed E-state index contributed by atoms with van der Waals surface area (Å²) in [4.78, 5) is -0.227. The van der Waals surface area contributed by atoms with Crippen molar-refractivity contribution in [2.75, 3.05) is 14.2 Å². The number of rotatable bonds is 3. The number of methoxy groups -OCH3 is 2. The van der Waals surface area contributed by atoms with Gasteiger partial charge in [0.1, 0.15) is 0 Å². The Morgan fingerprint density at radius 3 is 2.13 bits per heavy atom. The molecule has 0 radical (unpaired) electrons. The third-order valence-electron chi connectivity index (χ3n) is 1.65. The molecule has 0 atom stereocenters. The zero-order valence-corrected chi connectivity index (χ0v) is 11.5. The van der Waals surface area contributed by atoms with Crippen molar-refractivity contribution in [3.63, 3.8) is 0 Å². The van der Waals surface area contributed by atoms with Gasteiger partial charge in [0.25, 0.3) is 10.1 Å². The molecule has 0 aliphatic rings. The smallest absolute Gasteiger partial charge is 1.00 e. The average molecular weight is 260 g/mol. The number of benzene rings is 1. The van der Waals surface area contributed by atoms with Crippen molar-refractivity contribution in [1.82, 2.24) is 0 Å². The van der Waals surface area contributed by atoms with E-state index in [1.165, 1.54) is 32.4 Å². The molecule has 0 aliphatic carbocycles. The first-order chi connectivity index (χ1) is 6.49. The second-order valence-corrected chi connectivity index (χ2v) is 3.91. The standard InChI is InChI=1S/C8H10O5S.Ca.2H/c1-12-7-4-3-6(14(9,10)11)5-8(7)13-2;;;/h3-5H,1-2H3,(H,9,10,11);;;/q;+2;2*-1. The van der Waals surface area contributed by atoms with Crippen molar-refractivity contribution >= 4 is 47.9 Å². The van der Waals surface area contributed by atoms with Crippen LogP contribution in [0.2, 0.25) is 0 Å². The van der Waals surface area contributed by atoms with Crippen LogP contribution in [0.5, 0.6) is 11.5 Å².